The number of anilines is 1. The Hall–Kier alpha value is -2.54. The van der Waals surface area contributed by atoms with Crippen LogP contribution in [0.5, 0.6) is 5.75 Å². The van der Waals surface area contributed by atoms with E-state index < -0.39 is 0 Å². The molecule has 30 heavy (non-hydrogen) atoms. The molecule has 0 atom stereocenters. The summed E-state index contributed by atoms with van der Waals surface area (Å²) in [5.41, 5.74) is 1.94. The average Bonchev–Trinajstić information content (AvgIpc) is 3.20. The lowest BCUT2D eigenvalue weighted by atomic mass is 9.95. The Morgan fingerprint density at radius 3 is 2.73 bits per heavy atom. The monoisotopic (exact) mass is 426 g/mol. The molecule has 0 aliphatic heterocycles. The number of aromatic nitrogens is 3. The molecule has 7 heteroatoms. The summed E-state index contributed by atoms with van der Waals surface area (Å²) in [5, 5.41) is 13.4. The van der Waals surface area contributed by atoms with E-state index in [0.29, 0.717) is 18.3 Å². The van der Waals surface area contributed by atoms with Gasteiger partial charge in [0.1, 0.15) is 11.6 Å². The highest BCUT2D eigenvalue weighted by Gasteiger charge is 2.23. The first-order valence-corrected chi connectivity index (χ1v) is 11.4. The Labute approximate surface area is 181 Å². The van der Waals surface area contributed by atoms with Gasteiger partial charge < -0.3 is 14.6 Å². The minimum absolute atomic E-state index is 0.204. The summed E-state index contributed by atoms with van der Waals surface area (Å²) in [7, 11) is 1.67. The van der Waals surface area contributed by atoms with Gasteiger partial charge in [-0.05, 0) is 42.7 Å². The van der Waals surface area contributed by atoms with Gasteiger partial charge in [-0.15, -0.1) is 10.2 Å². The number of thioether (sulfide) groups is 1. The van der Waals surface area contributed by atoms with Crippen molar-refractivity contribution < 1.29 is 9.13 Å². The van der Waals surface area contributed by atoms with Crippen LogP contribution in [0.25, 0.3) is 0 Å². The Balaban J connectivity index is 1.52. The van der Waals surface area contributed by atoms with Crippen LogP contribution in [0.2, 0.25) is 0 Å². The zero-order chi connectivity index (χ0) is 20.8. The molecule has 0 amide bonds. The van der Waals surface area contributed by atoms with Gasteiger partial charge in [0.25, 0.3) is 0 Å². The SMILES string of the molecule is COc1cccc(NCc2nnc(SCc3cccc(F)c3)n2C2CCCCC2)c1. The van der Waals surface area contributed by atoms with Crippen LogP contribution in [-0.4, -0.2) is 21.9 Å². The lowest BCUT2D eigenvalue weighted by Gasteiger charge is -2.25. The van der Waals surface area contributed by atoms with Crippen molar-refractivity contribution >= 4 is 17.4 Å². The van der Waals surface area contributed by atoms with Crippen molar-refractivity contribution in [3.8, 4) is 5.75 Å². The average molecular weight is 427 g/mol. The molecular weight excluding hydrogens is 399 g/mol. The van der Waals surface area contributed by atoms with Crippen LogP contribution in [0.15, 0.2) is 53.7 Å². The lowest BCUT2D eigenvalue weighted by molar-refractivity contribution is 0.330. The van der Waals surface area contributed by atoms with E-state index >= 15 is 0 Å². The van der Waals surface area contributed by atoms with Crippen LogP contribution in [0.3, 0.4) is 0 Å². The smallest absolute Gasteiger partial charge is 0.191 e. The summed E-state index contributed by atoms with van der Waals surface area (Å²) in [6.45, 7) is 0.594. The van der Waals surface area contributed by atoms with Gasteiger partial charge in [0.05, 0.1) is 13.7 Å². The Kier molecular flexibility index (Phi) is 6.89. The van der Waals surface area contributed by atoms with Gasteiger partial charge in [-0.3, -0.25) is 0 Å². The normalized spacial score (nSPS) is 14.6. The van der Waals surface area contributed by atoms with Gasteiger partial charge in [0, 0.05) is 23.5 Å². The molecule has 5 nitrogen and oxygen atoms in total. The van der Waals surface area contributed by atoms with Gasteiger partial charge in [-0.2, -0.15) is 0 Å². The van der Waals surface area contributed by atoms with E-state index in [0.717, 1.165) is 40.8 Å². The molecule has 1 fully saturated rings. The third kappa shape index (κ3) is 5.14. The van der Waals surface area contributed by atoms with Crippen molar-refractivity contribution in [2.75, 3.05) is 12.4 Å². The van der Waals surface area contributed by atoms with Crippen molar-refractivity contribution in [2.24, 2.45) is 0 Å². The number of benzene rings is 2. The summed E-state index contributed by atoms with van der Waals surface area (Å²) in [5.74, 6) is 2.22. The molecule has 1 saturated carbocycles. The Morgan fingerprint density at radius 1 is 1.10 bits per heavy atom. The highest BCUT2D eigenvalue weighted by molar-refractivity contribution is 7.98. The molecular formula is C23H27FN4OS. The van der Waals surface area contributed by atoms with Crippen LogP contribution in [-0.2, 0) is 12.3 Å². The molecule has 0 bridgehead atoms. The molecule has 0 unspecified atom stereocenters. The molecule has 1 aliphatic carbocycles. The second-order valence-electron chi connectivity index (χ2n) is 7.56. The molecule has 1 heterocycles. The largest absolute Gasteiger partial charge is 0.497 e. The van der Waals surface area contributed by atoms with Crippen molar-refractivity contribution in [3.63, 3.8) is 0 Å². The highest BCUT2D eigenvalue weighted by atomic mass is 32.2. The molecule has 1 aromatic heterocycles. The maximum Gasteiger partial charge on any atom is 0.191 e. The van der Waals surface area contributed by atoms with Crippen LogP contribution < -0.4 is 10.1 Å². The fourth-order valence-electron chi connectivity index (χ4n) is 3.92. The van der Waals surface area contributed by atoms with Crippen LogP contribution >= 0.6 is 11.8 Å². The fourth-order valence-corrected chi connectivity index (χ4v) is 4.89. The summed E-state index contributed by atoms with van der Waals surface area (Å²) < 4.78 is 21.1. The zero-order valence-corrected chi connectivity index (χ0v) is 18.0. The fraction of sp³-hybridized carbons (Fsp3) is 0.391. The summed E-state index contributed by atoms with van der Waals surface area (Å²) in [4.78, 5) is 0. The van der Waals surface area contributed by atoms with Gasteiger partial charge in [0.15, 0.2) is 11.0 Å². The van der Waals surface area contributed by atoms with Crippen LogP contribution in [0.1, 0.15) is 49.5 Å². The van der Waals surface area contributed by atoms with E-state index in [-0.39, 0.29) is 5.82 Å². The van der Waals surface area contributed by atoms with E-state index in [4.69, 9.17) is 4.74 Å². The maximum atomic E-state index is 13.5. The highest BCUT2D eigenvalue weighted by Crippen LogP contribution is 2.34. The van der Waals surface area contributed by atoms with Crippen LogP contribution in [0, 0.1) is 5.82 Å². The molecule has 1 N–H and O–H groups in total. The van der Waals surface area contributed by atoms with Gasteiger partial charge in [0.2, 0.25) is 0 Å². The third-order valence-corrected chi connectivity index (χ3v) is 6.47. The summed E-state index contributed by atoms with van der Waals surface area (Å²) >= 11 is 1.63. The first kappa shape index (κ1) is 20.7. The molecule has 3 aromatic rings. The van der Waals surface area contributed by atoms with E-state index in [1.807, 2.05) is 30.3 Å². The number of hydrogen-bond donors (Lipinski definition) is 1. The Morgan fingerprint density at radius 2 is 1.93 bits per heavy atom. The van der Waals surface area contributed by atoms with E-state index in [2.05, 4.69) is 20.1 Å². The molecule has 0 radical (unpaired) electrons. The van der Waals surface area contributed by atoms with Gasteiger partial charge in [-0.1, -0.05) is 49.2 Å². The molecule has 1 aliphatic rings. The minimum Gasteiger partial charge on any atom is -0.497 e. The molecule has 2 aromatic carbocycles. The van der Waals surface area contributed by atoms with Gasteiger partial charge >= 0.3 is 0 Å². The second-order valence-corrected chi connectivity index (χ2v) is 8.51. The number of nitrogens with one attached hydrogen (secondary N) is 1. The number of ether oxygens (including phenoxy) is 1. The third-order valence-electron chi connectivity index (χ3n) is 5.45. The number of methoxy groups -OCH3 is 1. The minimum atomic E-state index is -0.204. The number of rotatable bonds is 8. The van der Waals surface area contributed by atoms with Crippen molar-refractivity contribution in [1.29, 1.82) is 0 Å². The number of nitrogens with zero attached hydrogens (tertiary/aromatic N) is 3. The standard InChI is InChI=1S/C23H27FN4OS/c1-29-21-12-6-9-19(14-21)25-15-22-26-27-23(28(22)20-10-3-2-4-11-20)30-16-17-7-5-8-18(24)13-17/h5-9,12-14,20,25H,2-4,10-11,15-16H2,1H3. The predicted molar refractivity (Wildman–Crippen MR) is 118 cm³/mol. The van der Waals surface area contributed by atoms with E-state index in [1.165, 1.54) is 25.3 Å². The first-order valence-electron chi connectivity index (χ1n) is 10.4. The van der Waals surface area contributed by atoms with Crippen molar-refractivity contribution in [1.82, 2.24) is 14.8 Å². The van der Waals surface area contributed by atoms with Crippen LogP contribution in [0.4, 0.5) is 10.1 Å². The first-order chi connectivity index (χ1) is 14.7. The number of halogens is 1. The topological polar surface area (TPSA) is 52.0 Å². The Bertz CT molecular complexity index is 971. The summed E-state index contributed by atoms with van der Waals surface area (Å²) in [6, 6.07) is 15.1. The lowest BCUT2D eigenvalue weighted by Crippen LogP contribution is -2.18. The van der Waals surface area contributed by atoms with Crippen molar-refractivity contribution in [2.45, 2.75) is 55.6 Å². The summed E-state index contributed by atoms with van der Waals surface area (Å²) in [6.07, 6.45) is 6.07. The van der Waals surface area contributed by atoms with E-state index in [1.54, 1.807) is 31.0 Å². The van der Waals surface area contributed by atoms with E-state index in [9.17, 15) is 4.39 Å². The quantitative estimate of drug-likeness (QED) is 0.459. The second kappa shape index (κ2) is 9.98. The number of hydrogen-bond acceptors (Lipinski definition) is 5. The van der Waals surface area contributed by atoms with Crippen molar-refractivity contribution in [3.05, 3.63) is 65.7 Å². The molecule has 158 valence electrons. The molecule has 4 rings (SSSR count). The molecule has 0 saturated heterocycles. The zero-order valence-electron chi connectivity index (χ0n) is 17.2. The predicted octanol–water partition coefficient (Wildman–Crippen LogP) is 5.84. The molecule has 0 spiro atoms. The van der Waals surface area contributed by atoms with Gasteiger partial charge in [-0.25, -0.2) is 4.39 Å². The maximum absolute atomic E-state index is 13.5.